The average Bonchev–Trinajstić information content (AvgIpc) is 3.07. The topological polar surface area (TPSA) is 57.8 Å². The SMILES string of the molecule is O=C(Nc1ccc(-c2nc3ccccc3[nH]2)cc1)c1ccccc1I. The van der Waals surface area contributed by atoms with E-state index >= 15 is 0 Å². The van der Waals surface area contributed by atoms with E-state index in [1.54, 1.807) is 0 Å². The van der Waals surface area contributed by atoms with Crippen molar-refractivity contribution < 1.29 is 4.79 Å². The molecule has 0 saturated heterocycles. The molecule has 0 aliphatic rings. The highest BCUT2D eigenvalue weighted by atomic mass is 127. The van der Waals surface area contributed by atoms with Gasteiger partial charge < -0.3 is 10.3 Å². The van der Waals surface area contributed by atoms with Crippen molar-refractivity contribution in [2.24, 2.45) is 0 Å². The summed E-state index contributed by atoms with van der Waals surface area (Å²) >= 11 is 2.16. The summed E-state index contributed by atoms with van der Waals surface area (Å²) in [7, 11) is 0. The van der Waals surface area contributed by atoms with Crippen LogP contribution >= 0.6 is 22.6 Å². The Morgan fingerprint density at radius 1 is 0.920 bits per heavy atom. The van der Waals surface area contributed by atoms with Crippen LogP contribution in [0.25, 0.3) is 22.4 Å². The molecule has 122 valence electrons. The lowest BCUT2D eigenvalue weighted by molar-refractivity contribution is 0.102. The molecule has 0 bridgehead atoms. The van der Waals surface area contributed by atoms with Crippen molar-refractivity contribution >= 4 is 45.2 Å². The second-order valence-electron chi connectivity index (χ2n) is 5.61. The van der Waals surface area contributed by atoms with Crippen LogP contribution < -0.4 is 5.32 Å². The van der Waals surface area contributed by atoms with Gasteiger partial charge in [0.15, 0.2) is 0 Å². The van der Waals surface area contributed by atoms with Crippen LogP contribution in [0.5, 0.6) is 0 Å². The smallest absolute Gasteiger partial charge is 0.256 e. The highest BCUT2D eigenvalue weighted by Gasteiger charge is 2.10. The number of H-pyrrole nitrogens is 1. The Morgan fingerprint density at radius 2 is 1.64 bits per heavy atom. The highest BCUT2D eigenvalue weighted by molar-refractivity contribution is 14.1. The molecule has 4 rings (SSSR count). The molecule has 0 fully saturated rings. The third-order valence-corrected chi connectivity index (χ3v) is 4.86. The molecule has 2 N–H and O–H groups in total. The molecule has 1 amide bonds. The van der Waals surface area contributed by atoms with Crippen LogP contribution in [0.1, 0.15) is 10.4 Å². The Bertz CT molecular complexity index is 1020. The number of anilines is 1. The Labute approximate surface area is 158 Å². The van der Waals surface area contributed by atoms with Gasteiger partial charge >= 0.3 is 0 Å². The second kappa shape index (κ2) is 6.68. The molecule has 4 aromatic rings. The third-order valence-electron chi connectivity index (χ3n) is 3.92. The Balaban J connectivity index is 1.56. The number of nitrogens with zero attached hydrogens (tertiary/aromatic N) is 1. The normalized spacial score (nSPS) is 10.8. The number of carbonyl (C=O) groups is 1. The third kappa shape index (κ3) is 3.28. The minimum Gasteiger partial charge on any atom is -0.338 e. The lowest BCUT2D eigenvalue weighted by Gasteiger charge is -2.07. The summed E-state index contributed by atoms with van der Waals surface area (Å²) in [5, 5.41) is 2.93. The second-order valence-corrected chi connectivity index (χ2v) is 6.78. The number of rotatable bonds is 3. The molecule has 1 heterocycles. The van der Waals surface area contributed by atoms with Gasteiger partial charge in [0, 0.05) is 14.8 Å². The Morgan fingerprint density at radius 3 is 2.40 bits per heavy atom. The van der Waals surface area contributed by atoms with E-state index in [0.717, 1.165) is 31.7 Å². The van der Waals surface area contributed by atoms with E-state index in [9.17, 15) is 4.79 Å². The van der Waals surface area contributed by atoms with E-state index in [2.05, 4.69) is 37.9 Å². The molecule has 1 aromatic heterocycles. The summed E-state index contributed by atoms with van der Waals surface area (Å²) in [6.07, 6.45) is 0. The maximum atomic E-state index is 12.4. The van der Waals surface area contributed by atoms with Crippen molar-refractivity contribution in [1.82, 2.24) is 9.97 Å². The van der Waals surface area contributed by atoms with Crippen molar-refractivity contribution in [2.75, 3.05) is 5.32 Å². The van der Waals surface area contributed by atoms with Gasteiger partial charge in [-0.15, -0.1) is 0 Å². The molecular formula is C20H14IN3O. The number of carbonyl (C=O) groups excluding carboxylic acids is 1. The van der Waals surface area contributed by atoms with Crippen LogP contribution in [-0.4, -0.2) is 15.9 Å². The number of hydrogen-bond acceptors (Lipinski definition) is 2. The lowest BCUT2D eigenvalue weighted by Crippen LogP contribution is -2.13. The van der Waals surface area contributed by atoms with Crippen molar-refractivity contribution in [2.45, 2.75) is 0 Å². The van der Waals surface area contributed by atoms with E-state index in [1.165, 1.54) is 0 Å². The predicted octanol–water partition coefficient (Wildman–Crippen LogP) is 5.09. The van der Waals surface area contributed by atoms with Crippen molar-refractivity contribution in [1.29, 1.82) is 0 Å². The molecule has 0 unspecified atom stereocenters. The number of amides is 1. The first-order valence-electron chi connectivity index (χ1n) is 7.82. The molecule has 0 saturated carbocycles. The minimum absolute atomic E-state index is 0.110. The van der Waals surface area contributed by atoms with Crippen LogP contribution in [0.2, 0.25) is 0 Å². The fourth-order valence-electron chi connectivity index (χ4n) is 2.64. The molecule has 0 aliphatic heterocycles. The van der Waals surface area contributed by atoms with Crippen LogP contribution in [0.3, 0.4) is 0 Å². The lowest BCUT2D eigenvalue weighted by atomic mass is 10.1. The number of para-hydroxylation sites is 2. The number of halogens is 1. The van der Waals surface area contributed by atoms with Gasteiger partial charge in [-0.05, 0) is 71.1 Å². The maximum absolute atomic E-state index is 12.4. The summed E-state index contributed by atoms with van der Waals surface area (Å²) in [5.41, 5.74) is 4.35. The molecule has 5 heteroatoms. The van der Waals surface area contributed by atoms with Crippen molar-refractivity contribution in [3.8, 4) is 11.4 Å². The van der Waals surface area contributed by atoms with Crippen LogP contribution in [0, 0.1) is 3.57 Å². The predicted molar refractivity (Wildman–Crippen MR) is 109 cm³/mol. The molecule has 0 atom stereocenters. The molecule has 25 heavy (non-hydrogen) atoms. The molecule has 0 aliphatic carbocycles. The Kier molecular flexibility index (Phi) is 4.23. The van der Waals surface area contributed by atoms with Gasteiger partial charge in [-0.2, -0.15) is 0 Å². The average molecular weight is 439 g/mol. The number of imidazole rings is 1. The summed E-state index contributed by atoms with van der Waals surface area (Å²) in [6.45, 7) is 0. The van der Waals surface area contributed by atoms with E-state index < -0.39 is 0 Å². The number of benzene rings is 3. The zero-order chi connectivity index (χ0) is 17.2. The molecule has 0 spiro atoms. The summed E-state index contributed by atoms with van der Waals surface area (Å²) in [6, 6.07) is 23.1. The summed E-state index contributed by atoms with van der Waals surface area (Å²) in [4.78, 5) is 20.3. The summed E-state index contributed by atoms with van der Waals surface area (Å²) < 4.78 is 0.927. The van der Waals surface area contributed by atoms with E-state index in [-0.39, 0.29) is 5.91 Å². The van der Waals surface area contributed by atoms with Gasteiger partial charge in [0.05, 0.1) is 16.6 Å². The van der Waals surface area contributed by atoms with Gasteiger partial charge in [-0.3, -0.25) is 4.79 Å². The zero-order valence-electron chi connectivity index (χ0n) is 13.2. The standard InChI is InChI=1S/C20H14IN3O/c21-16-6-2-1-5-15(16)20(25)22-14-11-9-13(10-12-14)19-23-17-7-3-4-8-18(17)24-19/h1-12H,(H,22,25)(H,23,24). The monoisotopic (exact) mass is 439 g/mol. The number of aromatic amines is 1. The minimum atomic E-state index is -0.110. The van der Waals surface area contributed by atoms with Crippen LogP contribution in [0.4, 0.5) is 5.69 Å². The van der Waals surface area contributed by atoms with Gasteiger partial charge in [0.25, 0.3) is 5.91 Å². The fourth-order valence-corrected chi connectivity index (χ4v) is 3.28. The highest BCUT2D eigenvalue weighted by Crippen LogP contribution is 2.22. The quantitative estimate of drug-likeness (QED) is 0.437. The first-order valence-corrected chi connectivity index (χ1v) is 8.90. The zero-order valence-corrected chi connectivity index (χ0v) is 15.3. The molecular weight excluding hydrogens is 425 g/mol. The molecule has 0 radical (unpaired) electrons. The van der Waals surface area contributed by atoms with Crippen molar-refractivity contribution in [3.05, 3.63) is 81.9 Å². The number of nitrogens with one attached hydrogen (secondary N) is 2. The first kappa shape index (κ1) is 15.8. The number of fused-ring (bicyclic) bond motifs is 1. The van der Waals surface area contributed by atoms with Gasteiger partial charge in [0.2, 0.25) is 0 Å². The van der Waals surface area contributed by atoms with Gasteiger partial charge in [-0.1, -0.05) is 24.3 Å². The summed E-state index contributed by atoms with van der Waals surface area (Å²) in [5.74, 6) is 0.707. The fraction of sp³-hybridized carbons (Fsp3) is 0. The van der Waals surface area contributed by atoms with Crippen LogP contribution in [0.15, 0.2) is 72.8 Å². The van der Waals surface area contributed by atoms with E-state index in [0.29, 0.717) is 5.56 Å². The van der Waals surface area contributed by atoms with E-state index in [1.807, 2.05) is 72.8 Å². The van der Waals surface area contributed by atoms with Gasteiger partial charge in [0.1, 0.15) is 5.82 Å². The van der Waals surface area contributed by atoms with E-state index in [4.69, 9.17) is 0 Å². The number of aromatic nitrogens is 2. The molecule has 3 aromatic carbocycles. The molecule has 4 nitrogen and oxygen atoms in total. The van der Waals surface area contributed by atoms with Crippen molar-refractivity contribution in [3.63, 3.8) is 0 Å². The van der Waals surface area contributed by atoms with Gasteiger partial charge in [-0.25, -0.2) is 4.98 Å². The number of hydrogen-bond donors (Lipinski definition) is 2. The Hall–Kier alpha value is -2.67. The maximum Gasteiger partial charge on any atom is 0.256 e. The largest absolute Gasteiger partial charge is 0.338 e. The first-order chi connectivity index (χ1) is 12.2. The van der Waals surface area contributed by atoms with Crippen LogP contribution in [-0.2, 0) is 0 Å².